The monoisotopic (exact) mass is 651 g/mol. The second-order valence-electron chi connectivity index (χ2n) is 15.7. The van der Waals surface area contributed by atoms with Crippen LogP contribution < -0.4 is 0 Å². The highest BCUT2D eigenvalue weighted by Crippen LogP contribution is 2.74. The van der Waals surface area contributed by atoms with Gasteiger partial charge in [0.25, 0.3) is 0 Å². The summed E-state index contributed by atoms with van der Waals surface area (Å²) in [7, 11) is 3.42. The SMILES string of the molecule is CC.CC1(C)CC[C@]2(C(=O)n3ccnc3)CC[C@]3(C)C(C(=O)C=C4[C@@]5(C)C=C(C#N)C(=O)C(C)(C)C5CC[C@]43C)C2C1.CO.CP. The van der Waals surface area contributed by atoms with Crippen LogP contribution in [0, 0.1) is 61.6 Å². The van der Waals surface area contributed by atoms with Crippen LogP contribution >= 0.6 is 9.24 Å². The molecule has 0 saturated heterocycles. The summed E-state index contributed by atoms with van der Waals surface area (Å²) >= 11 is 0. The zero-order valence-electron chi connectivity index (χ0n) is 30.2. The number of aliphatic hydroxyl groups excluding tert-OH is 1. The summed E-state index contributed by atoms with van der Waals surface area (Å²) in [6.45, 7) is 21.2. The molecule has 0 bridgehead atoms. The first-order chi connectivity index (χ1) is 21.6. The van der Waals surface area contributed by atoms with Crippen LogP contribution in [0.2, 0.25) is 0 Å². The fraction of sp³-hybridized carbons (Fsp3) is 0.711. The highest BCUT2D eigenvalue weighted by molar-refractivity contribution is 7.15. The van der Waals surface area contributed by atoms with E-state index < -0.39 is 16.2 Å². The number of aliphatic hydroxyl groups is 1. The molecule has 7 nitrogen and oxygen atoms in total. The van der Waals surface area contributed by atoms with Gasteiger partial charge in [0.2, 0.25) is 5.91 Å². The van der Waals surface area contributed by atoms with Crippen LogP contribution in [-0.2, 0) is 9.59 Å². The van der Waals surface area contributed by atoms with Gasteiger partial charge in [0.15, 0.2) is 11.6 Å². The molecule has 0 amide bonds. The van der Waals surface area contributed by atoms with Crippen LogP contribution in [0.25, 0.3) is 0 Å². The van der Waals surface area contributed by atoms with E-state index in [0.717, 1.165) is 57.6 Å². The molecule has 3 fully saturated rings. The number of fused-ring (bicyclic) bond motifs is 7. The third-order valence-electron chi connectivity index (χ3n) is 13.0. The van der Waals surface area contributed by atoms with Crippen molar-refractivity contribution in [1.29, 1.82) is 5.26 Å². The molecule has 1 N–H and O–H groups in total. The van der Waals surface area contributed by atoms with E-state index >= 15 is 0 Å². The minimum atomic E-state index is -0.677. The summed E-state index contributed by atoms with van der Waals surface area (Å²) < 4.78 is 1.64. The smallest absolute Gasteiger partial charge is 0.238 e. The van der Waals surface area contributed by atoms with Crippen molar-refractivity contribution in [3.05, 3.63) is 42.0 Å². The highest BCUT2D eigenvalue weighted by Gasteiger charge is 2.70. The number of Topliss-reactive ketones (excluding diaryl/α,β-unsaturated/α-hetero) is 1. The number of ketones is 2. The number of rotatable bonds is 1. The highest BCUT2D eigenvalue weighted by atomic mass is 31.0. The van der Waals surface area contributed by atoms with Crippen molar-refractivity contribution < 1.29 is 19.5 Å². The van der Waals surface area contributed by atoms with Gasteiger partial charge in [0.1, 0.15) is 12.4 Å². The van der Waals surface area contributed by atoms with Crippen molar-refractivity contribution in [1.82, 2.24) is 9.55 Å². The molecule has 0 spiro atoms. The summed E-state index contributed by atoms with van der Waals surface area (Å²) in [4.78, 5) is 46.2. The van der Waals surface area contributed by atoms with Gasteiger partial charge in [0.05, 0.1) is 11.0 Å². The zero-order valence-corrected chi connectivity index (χ0v) is 31.3. The Kier molecular flexibility index (Phi) is 10.9. The number of carbonyl (C=O) groups is 3. The van der Waals surface area contributed by atoms with Crippen LogP contribution in [0.15, 0.2) is 42.0 Å². The van der Waals surface area contributed by atoms with Crippen LogP contribution in [0.4, 0.5) is 0 Å². The topological polar surface area (TPSA) is 113 Å². The van der Waals surface area contributed by atoms with Gasteiger partial charge in [-0.1, -0.05) is 80.6 Å². The Morgan fingerprint density at radius 1 is 1.00 bits per heavy atom. The molecule has 3 saturated carbocycles. The first kappa shape index (κ1) is 38.0. The lowest BCUT2D eigenvalue weighted by Crippen LogP contribution is -2.66. The molecule has 0 aromatic carbocycles. The predicted octanol–water partition coefficient (Wildman–Crippen LogP) is 7.87. The van der Waals surface area contributed by atoms with E-state index in [9.17, 15) is 19.6 Å². The maximum Gasteiger partial charge on any atom is 0.238 e. The minimum Gasteiger partial charge on any atom is -0.400 e. The van der Waals surface area contributed by atoms with E-state index in [4.69, 9.17) is 5.11 Å². The summed E-state index contributed by atoms with van der Waals surface area (Å²) in [5, 5.41) is 16.9. The van der Waals surface area contributed by atoms with Gasteiger partial charge < -0.3 is 5.11 Å². The van der Waals surface area contributed by atoms with Gasteiger partial charge in [-0.2, -0.15) is 5.26 Å². The van der Waals surface area contributed by atoms with Gasteiger partial charge in [-0.25, -0.2) is 4.98 Å². The first-order valence-electron chi connectivity index (χ1n) is 17.1. The minimum absolute atomic E-state index is 0.0241. The van der Waals surface area contributed by atoms with Gasteiger partial charge in [-0.3, -0.25) is 19.0 Å². The third-order valence-corrected chi connectivity index (χ3v) is 13.0. The first-order valence-corrected chi connectivity index (χ1v) is 18.2. The van der Waals surface area contributed by atoms with Gasteiger partial charge in [0, 0.05) is 36.3 Å². The number of aromatic nitrogens is 2. The third kappa shape index (κ3) is 5.31. The van der Waals surface area contributed by atoms with Crippen molar-refractivity contribution >= 4 is 26.7 Å². The van der Waals surface area contributed by atoms with Crippen LogP contribution in [0.3, 0.4) is 0 Å². The Morgan fingerprint density at radius 3 is 2.17 bits per heavy atom. The maximum atomic E-state index is 14.6. The molecule has 46 heavy (non-hydrogen) atoms. The normalized spacial score (nSPS) is 38.0. The average molecular weight is 652 g/mol. The molecule has 5 aliphatic carbocycles. The summed E-state index contributed by atoms with van der Waals surface area (Å²) in [5.74, 6) is -0.144. The molecule has 1 heterocycles. The number of nitrogens with zero attached hydrogens (tertiary/aromatic N) is 3. The molecule has 8 atom stereocenters. The van der Waals surface area contributed by atoms with E-state index in [2.05, 4.69) is 54.9 Å². The Morgan fingerprint density at radius 2 is 1.61 bits per heavy atom. The van der Waals surface area contributed by atoms with Crippen molar-refractivity contribution in [3.63, 3.8) is 0 Å². The standard InChI is InChI=1S/C34H43N3O3.C2H6.CH4O.CH5P/c1-29(2)10-12-34(28(40)37-15-14-36-20-37)13-11-33(7)26(22(34)18-29)23(38)16-25-31(5)17-21(19-35)27(39)30(3,4)24(31)8-9-32(25,33)6;3*1-2/h14-17,20,22,24,26H,8-13,18H2,1-7H3;1-2H3;2H,1H3;2H2,1H3/t22?,24?,26?,31-,32+,33+,34-;;;/m0.../s1. The molecule has 0 aliphatic heterocycles. The average Bonchev–Trinajstić information content (AvgIpc) is 3.58. The quantitative estimate of drug-likeness (QED) is 0.309. The van der Waals surface area contributed by atoms with E-state index in [1.165, 1.54) is 0 Å². The molecule has 5 aliphatic rings. The Hall–Kier alpha value is -2.42. The van der Waals surface area contributed by atoms with E-state index in [-0.39, 0.29) is 57.0 Å². The van der Waals surface area contributed by atoms with Crippen LogP contribution in [0.5, 0.6) is 0 Å². The molecule has 1 aromatic rings. The fourth-order valence-electron chi connectivity index (χ4n) is 10.6. The van der Waals surface area contributed by atoms with Crippen LogP contribution in [-0.4, -0.2) is 45.9 Å². The molecule has 1 aromatic heterocycles. The second-order valence-corrected chi connectivity index (χ2v) is 15.7. The molecule has 0 radical (unpaired) electrons. The van der Waals surface area contributed by atoms with Gasteiger partial charge in [-0.15, -0.1) is 9.24 Å². The Bertz CT molecular complexity index is 1440. The fourth-order valence-corrected chi connectivity index (χ4v) is 10.6. The number of allylic oxidation sites excluding steroid dienone is 4. The lowest BCUT2D eigenvalue weighted by Gasteiger charge is -2.69. The number of hydrogen-bond acceptors (Lipinski definition) is 6. The molecule has 6 rings (SSSR count). The summed E-state index contributed by atoms with van der Waals surface area (Å²) in [6.07, 6.45) is 14.7. The lowest BCUT2D eigenvalue weighted by molar-refractivity contribution is -0.164. The van der Waals surface area contributed by atoms with Gasteiger partial charge >= 0.3 is 0 Å². The van der Waals surface area contributed by atoms with Gasteiger partial charge in [-0.05, 0) is 79.1 Å². The van der Waals surface area contributed by atoms with Crippen molar-refractivity contribution in [2.45, 2.75) is 107 Å². The van der Waals surface area contributed by atoms with Crippen molar-refractivity contribution in [3.8, 4) is 6.07 Å². The number of nitriles is 1. The molecule has 254 valence electrons. The largest absolute Gasteiger partial charge is 0.400 e. The van der Waals surface area contributed by atoms with E-state index in [1.807, 2.05) is 46.5 Å². The van der Waals surface area contributed by atoms with E-state index in [0.29, 0.717) is 0 Å². The lowest BCUT2D eigenvalue weighted by atomic mass is 9.34. The molecule has 8 heteroatoms. The number of hydrogen-bond donors (Lipinski definition) is 1. The molecule has 4 unspecified atom stereocenters. The zero-order chi connectivity index (χ0) is 35.1. The van der Waals surface area contributed by atoms with Crippen LogP contribution in [0.1, 0.15) is 112 Å². The Balaban J connectivity index is 0.000000908. The van der Waals surface area contributed by atoms with Crippen molar-refractivity contribution in [2.24, 2.45) is 50.2 Å². The Labute approximate surface area is 279 Å². The second kappa shape index (κ2) is 13.2. The van der Waals surface area contributed by atoms with Crippen molar-refractivity contribution in [2.75, 3.05) is 13.8 Å². The maximum absolute atomic E-state index is 14.6. The summed E-state index contributed by atoms with van der Waals surface area (Å²) in [6, 6.07) is 2.18. The number of imidazole rings is 1. The molecular formula is C38H58N3O4P. The summed E-state index contributed by atoms with van der Waals surface area (Å²) in [5.41, 5.74) is -1.05. The van der Waals surface area contributed by atoms with E-state index in [1.54, 1.807) is 23.3 Å². The molecular weight excluding hydrogens is 593 g/mol. The number of carbonyl (C=O) groups excluding carboxylic acids is 3. The predicted molar refractivity (Wildman–Crippen MR) is 187 cm³/mol.